The molecule has 0 unspecified atom stereocenters. The van der Waals surface area contributed by atoms with E-state index in [4.69, 9.17) is 4.74 Å². The van der Waals surface area contributed by atoms with Crippen LogP contribution in [0.1, 0.15) is 25.6 Å². The van der Waals surface area contributed by atoms with Gasteiger partial charge in [-0.2, -0.15) is 0 Å². The molecule has 4 aromatic rings. The molecule has 8 nitrogen and oxygen atoms in total. The summed E-state index contributed by atoms with van der Waals surface area (Å²) in [5.41, 5.74) is 3.32. The highest BCUT2D eigenvalue weighted by Crippen LogP contribution is 2.28. The van der Waals surface area contributed by atoms with E-state index in [1.807, 2.05) is 25.3 Å². The number of ether oxygens (including phenoxy) is 1. The standard InChI is InChI=1S/C21H23F2N7O/c1-3-31-14-8-13(9-14)26-21-24-10-18-15(6-7-30(18)28-21)16-4-5-17-20(27-16)29(11-19(22)23)12(2)25-17/h4-7,10,13-14,19H,3,8-9,11H2,1-2H3,(H,26,28). The fourth-order valence-electron chi connectivity index (χ4n) is 4.04. The Hall–Kier alpha value is -3.14. The molecule has 1 aliphatic carbocycles. The minimum absolute atomic E-state index is 0.312. The minimum Gasteiger partial charge on any atom is -0.378 e. The number of imidazole rings is 1. The van der Waals surface area contributed by atoms with Crippen LogP contribution in [-0.4, -0.2) is 54.3 Å². The van der Waals surface area contributed by atoms with Crippen molar-refractivity contribution in [3.05, 3.63) is 36.4 Å². The molecule has 5 rings (SSSR count). The van der Waals surface area contributed by atoms with Gasteiger partial charge in [-0.1, -0.05) is 0 Å². The van der Waals surface area contributed by atoms with E-state index in [0.717, 1.165) is 30.5 Å². The molecule has 162 valence electrons. The molecular weight excluding hydrogens is 404 g/mol. The number of nitrogens with one attached hydrogen (secondary N) is 1. The van der Waals surface area contributed by atoms with Crippen molar-refractivity contribution < 1.29 is 13.5 Å². The quantitative estimate of drug-likeness (QED) is 0.484. The largest absolute Gasteiger partial charge is 0.378 e. The van der Waals surface area contributed by atoms with E-state index < -0.39 is 13.0 Å². The average molecular weight is 427 g/mol. The molecule has 1 aliphatic rings. The monoisotopic (exact) mass is 427 g/mol. The first kappa shape index (κ1) is 19.8. The van der Waals surface area contributed by atoms with E-state index in [2.05, 4.69) is 25.4 Å². The molecule has 10 heteroatoms. The third-order valence-corrected chi connectivity index (χ3v) is 5.63. The fourth-order valence-corrected chi connectivity index (χ4v) is 4.04. The van der Waals surface area contributed by atoms with E-state index >= 15 is 0 Å². The molecule has 0 radical (unpaired) electrons. The number of nitrogens with zero attached hydrogens (tertiary/aromatic N) is 6. The molecule has 0 atom stereocenters. The molecule has 0 bridgehead atoms. The summed E-state index contributed by atoms with van der Waals surface area (Å²) >= 11 is 0. The maximum absolute atomic E-state index is 13.0. The zero-order valence-electron chi connectivity index (χ0n) is 17.3. The van der Waals surface area contributed by atoms with Gasteiger partial charge in [-0.05, 0) is 44.9 Å². The van der Waals surface area contributed by atoms with Gasteiger partial charge in [0.15, 0.2) is 5.65 Å². The molecule has 0 aromatic carbocycles. The molecular formula is C21H23F2N7O. The summed E-state index contributed by atoms with van der Waals surface area (Å²) in [5.74, 6) is 1.08. The summed E-state index contributed by atoms with van der Waals surface area (Å²) < 4.78 is 34.8. The molecule has 1 N–H and O–H groups in total. The van der Waals surface area contributed by atoms with Crippen molar-refractivity contribution in [1.82, 2.24) is 29.1 Å². The highest BCUT2D eigenvalue weighted by molar-refractivity contribution is 5.82. The smallest absolute Gasteiger partial charge is 0.256 e. The molecule has 0 aliphatic heterocycles. The van der Waals surface area contributed by atoms with Gasteiger partial charge in [-0.25, -0.2) is 28.2 Å². The molecule has 4 heterocycles. The van der Waals surface area contributed by atoms with Crippen LogP contribution < -0.4 is 5.32 Å². The number of aromatic nitrogens is 6. The lowest BCUT2D eigenvalue weighted by atomic mass is 9.89. The van der Waals surface area contributed by atoms with Crippen LogP contribution in [0, 0.1) is 6.92 Å². The van der Waals surface area contributed by atoms with Crippen LogP contribution in [0.5, 0.6) is 0 Å². The zero-order valence-corrected chi connectivity index (χ0v) is 17.3. The molecule has 0 amide bonds. The summed E-state index contributed by atoms with van der Waals surface area (Å²) in [6.45, 7) is 4.01. The first-order valence-corrected chi connectivity index (χ1v) is 10.4. The molecule has 1 saturated carbocycles. The number of fused-ring (bicyclic) bond motifs is 2. The first-order valence-electron chi connectivity index (χ1n) is 10.4. The number of halogens is 2. The Labute approximate surface area is 177 Å². The van der Waals surface area contributed by atoms with Crippen LogP contribution >= 0.6 is 0 Å². The summed E-state index contributed by atoms with van der Waals surface area (Å²) in [7, 11) is 0. The lowest BCUT2D eigenvalue weighted by Crippen LogP contribution is -2.41. The molecule has 4 aromatic heterocycles. The number of rotatable bonds is 7. The van der Waals surface area contributed by atoms with Gasteiger partial charge in [0.25, 0.3) is 6.43 Å². The van der Waals surface area contributed by atoms with Gasteiger partial charge in [-0.3, -0.25) is 0 Å². The Bertz CT molecular complexity index is 1230. The normalized spacial score (nSPS) is 18.7. The number of aryl methyl sites for hydroxylation is 1. The van der Waals surface area contributed by atoms with E-state index in [1.165, 1.54) is 4.57 Å². The average Bonchev–Trinajstić information content (AvgIpc) is 3.26. The van der Waals surface area contributed by atoms with Crippen molar-refractivity contribution >= 4 is 22.6 Å². The van der Waals surface area contributed by atoms with Crippen LogP contribution in [0.15, 0.2) is 30.6 Å². The highest BCUT2D eigenvalue weighted by Gasteiger charge is 2.30. The SMILES string of the molecule is CCOC1CC(Nc2ncc3c(-c4ccc5nc(C)n(CC(F)F)c5n4)ccn3n2)C1. The maximum Gasteiger partial charge on any atom is 0.256 e. The lowest BCUT2D eigenvalue weighted by molar-refractivity contribution is 0.00283. The van der Waals surface area contributed by atoms with Crippen molar-refractivity contribution in [1.29, 1.82) is 0 Å². The highest BCUT2D eigenvalue weighted by atomic mass is 19.3. The second kappa shape index (κ2) is 7.84. The van der Waals surface area contributed by atoms with Crippen LogP contribution in [-0.2, 0) is 11.3 Å². The van der Waals surface area contributed by atoms with Gasteiger partial charge in [-0.15, -0.1) is 5.10 Å². The minimum atomic E-state index is -2.48. The van der Waals surface area contributed by atoms with Crippen molar-refractivity contribution in [2.24, 2.45) is 0 Å². The van der Waals surface area contributed by atoms with Gasteiger partial charge in [0, 0.05) is 24.4 Å². The van der Waals surface area contributed by atoms with Crippen LogP contribution in [0.2, 0.25) is 0 Å². The third kappa shape index (κ3) is 3.71. The van der Waals surface area contributed by atoms with Crippen LogP contribution in [0.4, 0.5) is 14.7 Å². The van der Waals surface area contributed by atoms with Crippen molar-refractivity contribution in [3.63, 3.8) is 0 Å². The summed E-state index contributed by atoms with van der Waals surface area (Å²) in [4.78, 5) is 13.4. The van der Waals surface area contributed by atoms with Gasteiger partial charge in [0.05, 0.1) is 30.1 Å². The van der Waals surface area contributed by atoms with Crippen LogP contribution in [0.3, 0.4) is 0 Å². The van der Waals surface area contributed by atoms with Gasteiger partial charge in [0.2, 0.25) is 5.95 Å². The predicted molar refractivity (Wildman–Crippen MR) is 112 cm³/mol. The van der Waals surface area contributed by atoms with Crippen molar-refractivity contribution in [2.45, 2.75) is 51.8 Å². The second-order valence-electron chi connectivity index (χ2n) is 7.73. The predicted octanol–water partition coefficient (Wildman–Crippen LogP) is 3.69. The molecule has 0 saturated heterocycles. The third-order valence-electron chi connectivity index (χ3n) is 5.63. The first-order chi connectivity index (χ1) is 15.0. The number of hydrogen-bond acceptors (Lipinski definition) is 6. The number of hydrogen-bond donors (Lipinski definition) is 1. The number of alkyl halides is 2. The van der Waals surface area contributed by atoms with E-state index in [-0.39, 0.29) is 0 Å². The van der Waals surface area contributed by atoms with Gasteiger partial charge >= 0.3 is 0 Å². The molecule has 1 fully saturated rings. The maximum atomic E-state index is 13.0. The summed E-state index contributed by atoms with van der Waals surface area (Å²) in [5, 5.41) is 7.89. The summed E-state index contributed by atoms with van der Waals surface area (Å²) in [6.07, 6.45) is 3.32. The van der Waals surface area contributed by atoms with Gasteiger partial charge < -0.3 is 14.6 Å². The number of anilines is 1. The Kier molecular flexibility index (Phi) is 5.01. The summed E-state index contributed by atoms with van der Waals surface area (Å²) in [6, 6.07) is 5.85. The topological polar surface area (TPSA) is 82.2 Å². The Morgan fingerprint density at radius 1 is 1.23 bits per heavy atom. The zero-order chi connectivity index (χ0) is 21.5. The van der Waals surface area contributed by atoms with E-state index in [1.54, 1.807) is 23.7 Å². The fraction of sp³-hybridized carbons (Fsp3) is 0.429. The van der Waals surface area contributed by atoms with Crippen molar-refractivity contribution in [3.8, 4) is 11.3 Å². The Morgan fingerprint density at radius 3 is 2.84 bits per heavy atom. The Morgan fingerprint density at radius 2 is 2.06 bits per heavy atom. The molecule has 31 heavy (non-hydrogen) atoms. The molecule has 0 spiro atoms. The van der Waals surface area contributed by atoms with Crippen molar-refractivity contribution in [2.75, 3.05) is 11.9 Å². The second-order valence-corrected chi connectivity index (χ2v) is 7.73. The van der Waals surface area contributed by atoms with Crippen LogP contribution in [0.25, 0.3) is 27.9 Å². The van der Waals surface area contributed by atoms with E-state index in [0.29, 0.717) is 40.8 Å². The number of pyridine rings is 1. The van der Waals surface area contributed by atoms with E-state index in [9.17, 15) is 8.78 Å². The Balaban J connectivity index is 1.42. The lowest BCUT2D eigenvalue weighted by Gasteiger charge is -2.35. The van der Waals surface area contributed by atoms with Gasteiger partial charge in [0.1, 0.15) is 11.3 Å².